The van der Waals surface area contributed by atoms with Crippen LogP contribution < -0.4 is 10.1 Å². The van der Waals surface area contributed by atoms with E-state index in [2.05, 4.69) is 10.2 Å². The first-order chi connectivity index (χ1) is 16.2. The third kappa shape index (κ3) is 7.92. The monoisotopic (exact) mass is 480 g/mol. The van der Waals surface area contributed by atoms with Crippen LogP contribution in [0.5, 0.6) is 11.5 Å². The molecule has 2 aromatic rings. The molecule has 1 aliphatic heterocycles. The molecule has 0 aromatic heterocycles. The SMILES string of the molecule is COCCCNC(=O)[C@@H]1C[C@H](COc2cccc(C(F)(F)F)c2)CN(Cc2ccc(O)cc2)C1. The zero-order valence-corrected chi connectivity index (χ0v) is 19.2. The molecule has 2 atom stereocenters. The first-order valence-electron chi connectivity index (χ1n) is 11.3. The Hall–Kier alpha value is -2.78. The van der Waals surface area contributed by atoms with Gasteiger partial charge in [-0.3, -0.25) is 9.69 Å². The van der Waals surface area contributed by atoms with Gasteiger partial charge in [-0.2, -0.15) is 13.2 Å². The van der Waals surface area contributed by atoms with Crippen molar-refractivity contribution in [1.29, 1.82) is 0 Å². The minimum Gasteiger partial charge on any atom is -0.508 e. The standard InChI is InChI=1S/C25H31F3N2O4/c1-33-11-3-10-29-24(32)20-12-19(15-30(16-20)14-18-6-8-22(31)9-7-18)17-34-23-5-2-4-21(13-23)25(26,27)28/h2,4-9,13,19-20,31H,3,10-12,14-17H2,1H3,(H,29,32)/t19-,20+/m0/s1. The predicted molar refractivity (Wildman–Crippen MR) is 121 cm³/mol. The first kappa shape index (κ1) is 25.8. The molecule has 34 heavy (non-hydrogen) atoms. The number of phenolic OH excluding ortho intramolecular Hbond substituents is 1. The molecule has 186 valence electrons. The molecule has 1 fully saturated rings. The number of phenols is 1. The van der Waals surface area contributed by atoms with Crippen LogP contribution in [0.15, 0.2) is 48.5 Å². The number of nitrogens with zero attached hydrogens (tertiary/aromatic N) is 1. The third-order valence-corrected chi connectivity index (χ3v) is 5.80. The van der Waals surface area contributed by atoms with Crippen molar-refractivity contribution in [2.24, 2.45) is 11.8 Å². The molecule has 1 amide bonds. The molecule has 3 rings (SSSR count). The van der Waals surface area contributed by atoms with Gasteiger partial charge >= 0.3 is 6.18 Å². The molecule has 1 saturated heterocycles. The molecule has 0 unspecified atom stereocenters. The molecule has 0 saturated carbocycles. The van der Waals surface area contributed by atoms with Crippen LogP contribution in [-0.4, -0.2) is 55.9 Å². The van der Waals surface area contributed by atoms with E-state index in [0.717, 1.165) is 17.7 Å². The lowest BCUT2D eigenvalue weighted by molar-refractivity contribution is -0.137. The van der Waals surface area contributed by atoms with Gasteiger partial charge in [0.1, 0.15) is 11.5 Å². The van der Waals surface area contributed by atoms with Crippen molar-refractivity contribution < 1.29 is 32.5 Å². The summed E-state index contributed by atoms with van der Waals surface area (Å²) in [7, 11) is 1.61. The van der Waals surface area contributed by atoms with E-state index >= 15 is 0 Å². The summed E-state index contributed by atoms with van der Waals surface area (Å²) in [4.78, 5) is 14.9. The molecule has 0 spiro atoms. The Balaban J connectivity index is 1.65. The molecule has 9 heteroatoms. The number of ether oxygens (including phenoxy) is 2. The molecular weight excluding hydrogens is 449 g/mol. The number of piperidine rings is 1. The van der Waals surface area contributed by atoms with Crippen molar-refractivity contribution in [2.45, 2.75) is 25.6 Å². The van der Waals surface area contributed by atoms with Crippen LogP contribution in [0.3, 0.4) is 0 Å². The van der Waals surface area contributed by atoms with Gasteiger partial charge in [-0.05, 0) is 48.7 Å². The first-order valence-corrected chi connectivity index (χ1v) is 11.3. The maximum atomic E-state index is 13.0. The highest BCUT2D eigenvalue weighted by atomic mass is 19.4. The highest BCUT2D eigenvalue weighted by molar-refractivity contribution is 5.79. The maximum absolute atomic E-state index is 13.0. The number of nitrogens with one attached hydrogen (secondary N) is 1. The van der Waals surface area contributed by atoms with Gasteiger partial charge in [-0.1, -0.05) is 18.2 Å². The van der Waals surface area contributed by atoms with Crippen molar-refractivity contribution in [1.82, 2.24) is 10.2 Å². The lowest BCUT2D eigenvalue weighted by atomic mass is 9.88. The number of halogens is 3. The lowest BCUT2D eigenvalue weighted by Crippen LogP contribution is -2.47. The van der Waals surface area contributed by atoms with Crippen molar-refractivity contribution in [3.63, 3.8) is 0 Å². The van der Waals surface area contributed by atoms with E-state index < -0.39 is 11.7 Å². The number of benzene rings is 2. The summed E-state index contributed by atoms with van der Waals surface area (Å²) in [6.45, 7) is 3.09. The fraction of sp³-hybridized carbons (Fsp3) is 0.480. The second-order valence-corrected chi connectivity index (χ2v) is 8.63. The van der Waals surface area contributed by atoms with E-state index in [1.54, 1.807) is 19.2 Å². The summed E-state index contributed by atoms with van der Waals surface area (Å²) >= 11 is 0. The van der Waals surface area contributed by atoms with Crippen LogP contribution in [-0.2, 0) is 22.3 Å². The van der Waals surface area contributed by atoms with Crippen LogP contribution in [0.4, 0.5) is 13.2 Å². The summed E-state index contributed by atoms with van der Waals surface area (Å²) in [5.74, 6) is 0.00310. The Kier molecular flexibility index (Phi) is 9.18. The van der Waals surface area contributed by atoms with Crippen molar-refractivity contribution >= 4 is 5.91 Å². The molecule has 2 N–H and O–H groups in total. The number of carbonyl (C=O) groups is 1. The van der Waals surface area contributed by atoms with Gasteiger partial charge in [0.25, 0.3) is 0 Å². The summed E-state index contributed by atoms with van der Waals surface area (Å²) in [6.07, 6.45) is -3.13. The van der Waals surface area contributed by atoms with Crippen molar-refractivity contribution in [2.75, 3.05) is 40.0 Å². The highest BCUT2D eigenvalue weighted by Crippen LogP contribution is 2.32. The Bertz CT molecular complexity index is 921. The topological polar surface area (TPSA) is 71.0 Å². The van der Waals surface area contributed by atoms with Crippen LogP contribution in [0.25, 0.3) is 0 Å². The quantitative estimate of drug-likeness (QED) is 0.502. The lowest BCUT2D eigenvalue weighted by Gasteiger charge is -2.37. The molecule has 1 aliphatic rings. The molecule has 0 radical (unpaired) electrons. The number of amides is 1. The molecule has 0 bridgehead atoms. The third-order valence-electron chi connectivity index (χ3n) is 5.80. The largest absolute Gasteiger partial charge is 0.508 e. The number of aromatic hydroxyl groups is 1. The van der Waals surface area contributed by atoms with Crippen LogP contribution in [0.2, 0.25) is 0 Å². The predicted octanol–water partition coefficient (Wildman–Crippen LogP) is 4.08. The van der Waals surface area contributed by atoms with Gasteiger partial charge in [0.05, 0.1) is 18.1 Å². The zero-order chi connectivity index (χ0) is 24.6. The highest BCUT2D eigenvalue weighted by Gasteiger charge is 2.33. The minimum absolute atomic E-state index is 0.0323. The molecule has 2 aromatic carbocycles. The molecule has 6 nitrogen and oxygen atoms in total. The van der Waals surface area contributed by atoms with Crippen LogP contribution in [0.1, 0.15) is 24.0 Å². The van der Waals surface area contributed by atoms with E-state index in [4.69, 9.17) is 9.47 Å². The van der Waals surface area contributed by atoms with E-state index in [0.29, 0.717) is 45.6 Å². The van der Waals surface area contributed by atoms with Crippen LogP contribution in [0, 0.1) is 11.8 Å². The minimum atomic E-state index is -4.43. The summed E-state index contributed by atoms with van der Waals surface area (Å²) in [5, 5.41) is 12.5. The Morgan fingerprint density at radius 2 is 1.94 bits per heavy atom. The number of rotatable bonds is 10. The number of hydrogen-bond acceptors (Lipinski definition) is 5. The number of alkyl halides is 3. The van der Waals surface area contributed by atoms with Crippen molar-refractivity contribution in [3.8, 4) is 11.5 Å². The average Bonchev–Trinajstić information content (AvgIpc) is 2.81. The Morgan fingerprint density at radius 3 is 2.65 bits per heavy atom. The summed E-state index contributed by atoms with van der Waals surface area (Å²) < 4.78 is 49.8. The van der Waals surface area contributed by atoms with Gasteiger partial charge < -0.3 is 19.9 Å². The normalized spacial score (nSPS) is 19.1. The van der Waals surface area contributed by atoms with E-state index in [1.165, 1.54) is 12.1 Å². The van der Waals surface area contributed by atoms with E-state index in [9.17, 15) is 23.1 Å². The molecule has 1 heterocycles. The number of likely N-dealkylation sites (tertiary alicyclic amines) is 1. The summed E-state index contributed by atoms with van der Waals surface area (Å²) in [6, 6.07) is 11.7. The Morgan fingerprint density at radius 1 is 1.18 bits per heavy atom. The summed E-state index contributed by atoms with van der Waals surface area (Å²) in [5.41, 5.74) is 0.243. The smallest absolute Gasteiger partial charge is 0.416 e. The fourth-order valence-electron chi connectivity index (χ4n) is 4.15. The molecular formula is C25H31F3N2O4. The number of hydrogen-bond donors (Lipinski definition) is 2. The number of carbonyl (C=O) groups excluding carboxylic acids is 1. The second kappa shape index (κ2) is 12.1. The van der Waals surface area contributed by atoms with Crippen LogP contribution >= 0.6 is 0 Å². The zero-order valence-electron chi connectivity index (χ0n) is 19.2. The Labute approximate surface area is 197 Å². The second-order valence-electron chi connectivity index (χ2n) is 8.63. The van der Waals surface area contributed by atoms with Gasteiger partial charge in [-0.25, -0.2) is 0 Å². The van der Waals surface area contributed by atoms with Gasteiger partial charge in [0.2, 0.25) is 5.91 Å². The van der Waals surface area contributed by atoms with Gasteiger partial charge in [0, 0.05) is 45.8 Å². The fourth-order valence-corrected chi connectivity index (χ4v) is 4.15. The van der Waals surface area contributed by atoms with Gasteiger partial charge in [-0.15, -0.1) is 0 Å². The number of methoxy groups -OCH3 is 1. The van der Waals surface area contributed by atoms with E-state index in [-0.39, 0.29) is 35.8 Å². The van der Waals surface area contributed by atoms with Gasteiger partial charge in [0.15, 0.2) is 0 Å². The molecule has 0 aliphatic carbocycles. The average molecular weight is 481 g/mol. The maximum Gasteiger partial charge on any atom is 0.416 e. The van der Waals surface area contributed by atoms with Crippen molar-refractivity contribution in [3.05, 3.63) is 59.7 Å². The van der Waals surface area contributed by atoms with E-state index in [1.807, 2.05) is 12.1 Å².